The Morgan fingerprint density at radius 1 is 0.821 bits per heavy atom. The number of unbranched alkanes of at least 4 members (excludes halogenated alkanes) is 3. The monoisotopic (exact) mass is 434 g/mol. The number of carbonyl (C=O) groups excluding carboxylic acids is 4. The van der Waals surface area contributed by atoms with E-state index in [0.717, 1.165) is 32.1 Å². The number of urea groups is 2. The van der Waals surface area contributed by atoms with Crippen LogP contribution in [0.5, 0.6) is 0 Å². The first kappa shape index (κ1) is 26.6. The molecule has 0 radical (unpaired) electrons. The van der Waals surface area contributed by atoms with Crippen LogP contribution in [0.2, 0.25) is 0 Å². The predicted octanol–water partition coefficient (Wildman–Crippen LogP) is 3.04. The summed E-state index contributed by atoms with van der Waals surface area (Å²) in [7, 11) is 2.71. The lowest BCUT2D eigenvalue weighted by Crippen LogP contribution is -2.41. The largest absolute Gasteiger partial charge is 0.338 e. The number of nitrogens with one attached hydrogen (secondary N) is 4. The lowest BCUT2D eigenvalue weighted by Gasteiger charge is -2.08. The molecule has 0 atom stereocenters. The van der Waals surface area contributed by atoms with Gasteiger partial charge < -0.3 is 10.6 Å². The van der Waals surface area contributed by atoms with Crippen LogP contribution in [-0.2, 0) is 9.59 Å². The zero-order chi connectivity index (χ0) is 21.2. The molecule has 4 N–H and O–H groups in total. The van der Waals surface area contributed by atoms with E-state index >= 15 is 0 Å². The summed E-state index contributed by atoms with van der Waals surface area (Å²) in [4.78, 5) is 46.2. The molecule has 162 valence electrons. The van der Waals surface area contributed by atoms with E-state index in [4.69, 9.17) is 0 Å². The number of carbonyl (C=O) groups is 4. The van der Waals surface area contributed by atoms with Gasteiger partial charge >= 0.3 is 12.1 Å². The minimum Gasteiger partial charge on any atom is -0.338 e. The van der Waals surface area contributed by atoms with Crippen LogP contribution in [-0.4, -0.2) is 48.5 Å². The average Bonchev–Trinajstić information content (AvgIpc) is 2.61. The molecule has 6 amide bonds. The summed E-state index contributed by atoms with van der Waals surface area (Å²) >= 11 is 0. The van der Waals surface area contributed by atoms with Crippen molar-refractivity contribution in [2.24, 2.45) is 5.92 Å². The Hall–Kier alpha value is -1.42. The van der Waals surface area contributed by atoms with Crippen molar-refractivity contribution in [3.63, 3.8) is 0 Å². The van der Waals surface area contributed by atoms with Gasteiger partial charge in [-0.25, -0.2) is 9.59 Å². The zero-order valence-corrected chi connectivity index (χ0v) is 18.7. The molecule has 0 aromatic carbocycles. The fourth-order valence-electron chi connectivity index (χ4n) is 1.99. The molecule has 28 heavy (non-hydrogen) atoms. The predicted molar refractivity (Wildman–Crippen MR) is 116 cm³/mol. The van der Waals surface area contributed by atoms with Gasteiger partial charge in [-0.1, -0.05) is 61.6 Å². The molecule has 0 saturated heterocycles. The third-order valence-corrected chi connectivity index (χ3v) is 5.79. The smallest absolute Gasteiger partial charge is 0.321 e. The van der Waals surface area contributed by atoms with E-state index < -0.39 is 12.1 Å². The molecule has 0 aliphatic heterocycles. The molecule has 0 unspecified atom stereocenters. The van der Waals surface area contributed by atoms with Crippen LogP contribution in [0.3, 0.4) is 0 Å². The summed E-state index contributed by atoms with van der Waals surface area (Å²) in [5.41, 5.74) is 0. The Labute approximate surface area is 175 Å². The van der Waals surface area contributed by atoms with Crippen molar-refractivity contribution >= 4 is 45.5 Å². The molecule has 0 heterocycles. The second-order valence-electron chi connectivity index (χ2n) is 6.69. The number of rotatable bonds is 14. The van der Waals surface area contributed by atoms with Crippen molar-refractivity contribution in [2.45, 2.75) is 59.3 Å². The molecule has 0 fully saturated rings. The van der Waals surface area contributed by atoms with Crippen LogP contribution in [0, 0.1) is 5.92 Å². The first-order valence-electron chi connectivity index (χ1n) is 9.74. The minimum atomic E-state index is -0.498. The highest BCUT2D eigenvalue weighted by molar-refractivity contribution is 8.76. The van der Waals surface area contributed by atoms with Crippen LogP contribution in [0.15, 0.2) is 0 Å². The second-order valence-corrected chi connectivity index (χ2v) is 9.27. The van der Waals surface area contributed by atoms with E-state index in [1.807, 2.05) is 0 Å². The van der Waals surface area contributed by atoms with Crippen LogP contribution >= 0.6 is 21.6 Å². The molecule has 0 bridgehead atoms. The van der Waals surface area contributed by atoms with Gasteiger partial charge in [-0.15, -0.1) is 0 Å². The highest BCUT2D eigenvalue weighted by Gasteiger charge is 2.09. The summed E-state index contributed by atoms with van der Waals surface area (Å²) in [5.74, 6) is 0.585. The van der Waals surface area contributed by atoms with Crippen LogP contribution in [0.25, 0.3) is 0 Å². The third-order valence-electron chi connectivity index (χ3n) is 3.51. The van der Waals surface area contributed by atoms with Gasteiger partial charge in [0.05, 0.1) is 5.75 Å². The van der Waals surface area contributed by atoms with Gasteiger partial charge in [-0.3, -0.25) is 20.2 Å². The molecule has 0 spiro atoms. The Kier molecular flexibility index (Phi) is 16.8. The van der Waals surface area contributed by atoms with Crippen molar-refractivity contribution in [1.82, 2.24) is 21.3 Å². The van der Waals surface area contributed by atoms with Gasteiger partial charge in [0.1, 0.15) is 0 Å². The molecule has 10 heteroatoms. The number of hydrogen-bond donors (Lipinski definition) is 4. The second kappa shape index (κ2) is 17.7. The van der Waals surface area contributed by atoms with Gasteiger partial charge in [-0.05, 0) is 18.8 Å². The molecule has 0 rings (SSSR count). The van der Waals surface area contributed by atoms with Gasteiger partial charge in [-0.2, -0.15) is 0 Å². The molecule has 8 nitrogen and oxygen atoms in total. The first-order chi connectivity index (χ1) is 13.3. The van der Waals surface area contributed by atoms with Gasteiger partial charge in [0.25, 0.3) is 0 Å². The summed E-state index contributed by atoms with van der Waals surface area (Å²) in [6.45, 7) is 7.13. The molecule has 0 aliphatic rings. The third kappa shape index (κ3) is 18.0. The number of amides is 6. The molecule has 0 saturated carbocycles. The van der Waals surface area contributed by atoms with Crippen LogP contribution in [0.1, 0.15) is 59.3 Å². The van der Waals surface area contributed by atoms with Gasteiger partial charge in [0.2, 0.25) is 11.8 Å². The normalized spacial score (nSPS) is 10.4. The number of hydrogen-bond acceptors (Lipinski definition) is 6. The zero-order valence-electron chi connectivity index (χ0n) is 17.1. The summed E-state index contributed by atoms with van der Waals surface area (Å²) < 4.78 is 0. The maximum absolute atomic E-state index is 11.6. The molecular formula is C18H34N4O4S2. The minimum absolute atomic E-state index is 0.144. The fourth-order valence-corrected chi connectivity index (χ4v) is 3.73. The molecule has 0 aromatic heterocycles. The average molecular weight is 435 g/mol. The lowest BCUT2D eigenvalue weighted by molar-refractivity contribution is -0.120. The fraction of sp³-hybridized carbons (Fsp3) is 0.778. The van der Waals surface area contributed by atoms with E-state index in [1.165, 1.54) is 21.6 Å². The highest BCUT2D eigenvalue weighted by atomic mass is 33.1. The first-order valence-corrected chi connectivity index (χ1v) is 12.2. The Balaban J connectivity index is 3.59. The van der Waals surface area contributed by atoms with Crippen molar-refractivity contribution in [2.75, 3.05) is 24.6 Å². The van der Waals surface area contributed by atoms with E-state index in [9.17, 15) is 19.2 Å². The number of imide groups is 2. The topological polar surface area (TPSA) is 116 Å². The SMILES string of the molecule is CCCCCCC(=O)NC(=O)NCCSSCC(=O)NC(=O)NCCC(C)C. The Morgan fingerprint density at radius 3 is 2.11 bits per heavy atom. The van der Waals surface area contributed by atoms with E-state index in [-0.39, 0.29) is 17.6 Å². The molecule has 0 aliphatic carbocycles. The Bertz CT molecular complexity index is 490. The van der Waals surface area contributed by atoms with Crippen molar-refractivity contribution in [1.29, 1.82) is 0 Å². The van der Waals surface area contributed by atoms with Crippen molar-refractivity contribution in [3.8, 4) is 0 Å². The molecule has 0 aromatic rings. The van der Waals surface area contributed by atoms with E-state index in [1.54, 1.807) is 0 Å². The molecular weight excluding hydrogens is 400 g/mol. The van der Waals surface area contributed by atoms with Gasteiger partial charge in [0.15, 0.2) is 0 Å². The quantitative estimate of drug-likeness (QED) is 0.247. The van der Waals surface area contributed by atoms with Crippen LogP contribution in [0.4, 0.5) is 9.59 Å². The van der Waals surface area contributed by atoms with E-state index in [2.05, 4.69) is 42.0 Å². The van der Waals surface area contributed by atoms with Crippen molar-refractivity contribution in [3.05, 3.63) is 0 Å². The van der Waals surface area contributed by atoms with Gasteiger partial charge in [0, 0.05) is 25.3 Å². The summed E-state index contributed by atoms with van der Waals surface area (Å²) in [6.07, 6.45) is 5.19. The maximum atomic E-state index is 11.6. The van der Waals surface area contributed by atoms with Crippen molar-refractivity contribution < 1.29 is 19.2 Å². The van der Waals surface area contributed by atoms with E-state index in [0.29, 0.717) is 31.2 Å². The van der Waals surface area contributed by atoms with Crippen LogP contribution < -0.4 is 21.3 Å². The maximum Gasteiger partial charge on any atom is 0.321 e. The lowest BCUT2D eigenvalue weighted by atomic mass is 10.1. The Morgan fingerprint density at radius 2 is 1.46 bits per heavy atom. The standard InChI is InChI=1S/C18H34N4O4S2/c1-4-5-6-7-8-15(23)21-18(26)20-11-12-27-28-13-16(24)22-17(25)19-10-9-14(2)3/h14H,4-13H2,1-3H3,(H2,19,22,24,25)(H2,20,21,23,26). The summed E-state index contributed by atoms with van der Waals surface area (Å²) in [5, 5.41) is 9.80. The highest BCUT2D eigenvalue weighted by Crippen LogP contribution is 2.19. The summed E-state index contributed by atoms with van der Waals surface area (Å²) in [6, 6.07) is -0.976.